The van der Waals surface area contributed by atoms with Gasteiger partial charge in [0, 0.05) is 0 Å². The number of alkyl carbamates (subject to hydrolysis) is 2. The van der Waals surface area contributed by atoms with Gasteiger partial charge >= 0.3 is 12.2 Å². The maximum Gasteiger partial charge on any atom is 0.408 e. The first-order valence-corrected chi connectivity index (χ1v) is 17.2. The summed E-state index contributed by atoms with van der Waals surface area (Å²) in [4.78, 5) is 52.7. The van der Waals surface area contributed by atoms with Crippen molar-refractivity contribution in [1.82, 2.24) is 21.3 Å². The van der Waals surface area contributed by atoms with Crippen molar-refractivity contribution >= 4 is 24.0 Å². The molecule has 0 saturated heterocycles. The van der Waals surface area contributed by atoms with Gasteiger partial charge in [0.25, 0.3) is 0 Å². The zero-order valence-corrected chi connectivity index (χ0v) is 31.2. The van der Waals surface area contributed by atoms with E-state index in [0.717, 1.165) is 11.1 Å². The number of rotatable bonds is 15. The number of carbonyl (C=O) groups excluding carboxylic acids is 4. The maximum absolute atomic E-state index is 13.7. The van der Waals surface area contributed by atoms with E-state index in [2.05, 4.69) is 21.3 Å². The first-order chi connectivity index (χ1) is 23.2. The molecule has 2 aromatic carbocycles. The van der Waals surface area contributed by atoms with E-state index in [1.807, 2.05) is 60.7 Å². The summed E-state index contributed by atoms with van der Waals surface area (Å²) in [5.41, 5.74) is -0.0217. The third-order valence-electron chi connectivity index (χ3n) is 7.67. The van der Waals surface area contributed by atoms with E-state index >= 15 is 0 Å². The average Bonchev–Trinajstić information content (AvgIpc) is 3.00. The molecule has 6 N–H and O–H groups in total. The lowest BCUT2D eigenvalue weighted by Gasteiger charge is -2.35. The highest BCUT2D eigenvalue weighted by Gasteiger charge is 2.38. The van der Waals surface area contributed by atoms with Crippen LogP contribution in [0.5, 0.6) is 0 Å². The predicted octanol–water partition coefficient (Wildman–Crippen LogP) is 4.26. The number of carbonyl (C=O) groups is 4. The maximum atomic E-state index is 13.7. The monoisotopic (exact) mass is 698 g/mol. The molecular formula is C38H58N4O8. The topological polar surface area (TPSA) is 175 Å². The van der Waals surface area contributed by atoms with Crippen LogP contribution in [0.4, 0.5) is 9.59 Å². The molecule has 0 fully saturated rings. The molecule has 12 nitrogen and oxygen atoms in total. The number of ether oxygens (including phenoxy) is 2. The Morgan fingerprint density at radius 3 is 1.12 bits per heavy atom. The molecule has 0 bridgehead atoms. The lowest BCUT2D eigenvalue weighted by Crippen LogP contribution is -2.61. The molecule has 6 atom stereocenters. The highest BCUT2D eigenvalue weighted by Crippen LogP contribution is 2.17. The highest BCUT2D eigenvalue weighted by molar-refractivity contribution is 5.87. The fourth-order valence-electron chi connectivity index (χ4n) is 5.21. The molecule has 0 aromatic heterocycles. The molecule has 0 aliphatic heterocycles. The van der Waals surface area contributed by atoms with Gasteiger partial charge in [0.1, 0.15) is 35.5 Å². The first kappa shape index (κ1) is 42.0. The number of aliphatic hydroxyl groups is 2. The van der Waals surface area contributed by atoms with Crippen LogP contribution in [0.2, 0.25) is 0 Å². The van der Waals surface area contributed by atoms with Gasteiger partial charge in [-0.15, -0.1) is 0 Å². The number of amides is 4. The van der Waals surface area contributed by atoms with Crippen molar-refractivity contribution in [1.29, 1.82) is 0 Å². The SMILES string of the molecule is CC(C)[C@H](NC(=O)OC(C)(C)C)C(=O)N[C@@H](Cc1ccccc1)[C@H](O)[C@@H](O)[C@H](Cc1ccccc1)NC(=O)[C@@H](NC(=O)OC(C)(C)C)C(C)C. The lowest BCUT2D eigenvalue weighted by atomic mass is 9.90. The van der Waals surface area contributed by atoms with Gasteiger partial charge in [0.05, 0.1) is 12.1 Å². The van der Waals surface area contributed by atoms with Gasteiger partial charge in [-0.05, 0) is 77.3 Å². The molecule has 0 radical (unpaired) electrons. The third-order valence-corrected chi connectivity index (χ3v) is 7.67. The van der Waals surface area contributed by atoms with Crippen molar-refractivity contribution < 1.29 is 38.9 Å². The Morgan fingerprint density at radius 1 is 0.560 bits per heavy atom. The Morgan fingerprint density at radius 2 is 0.860 bits per heavy atom. The first-order valence-electron chi connectivity index (χ1n) is 17.2. The zero-order valence-electron chi connectivity index (χ0n) is 31.2. The molecule has 0 spiro atoms. The smallest absolute Gasteiger partial charge is 0.408 e. The normalized spacial score (nSPS) is 15.6. The molecule has 4 amide bonds. The Kier molecular flexibility index (Phi) is 15.7. The number of hydrogen-bond donors (Lipinski definition) is 6. The Bertz CT molecular complexity index is 1270. The minimum atomic E-state index is -1.58. The largest absolute Gasteiger partial charge is 0.444 e. The van der Waals surface area contributed by atoms with Crippen LogP contribution in [0.3, 0.4) is 0 Å². The Balaban J connectivity index is 2.43. The molecule has 2 rings (SSSR count). The minimum absolute atomic E-state index is 0.128. The molecule has 0 unspecified atom stereocenters. The fraction of sp³-hybridized carbons (Fsp3) is 0.579. The van der Waals surface area contributed by atoms with E-state index in [9.17, 15) is 29.4 Å². The van der Waals surface area contributed by atoms with Gasteiger partial charge in [-0.25, -0.2) is 9.59 Å². The van der Waals surface area contributed by atoms with Gasteiger partial charge in [-0.1, -0.05) is 88.4 Å². The second-order valence-corrected chi connectivity index (χ2v) is 15.3. The summed E-state index contributed by atoms with van der Waals surface area (Å²) in [6, 6.07) is 14.2. The van der Waals surface area contributed by atoms with E-state index in [1.54, 1.807) is 69.2 Å². The lowest BCUT2D eigenvalue weighted by molar-refractivity contribution is -0.129. The average molecular weight is 699 g/mol. The summed E-state index contributed by atoms with van der Waals surface area (Å²) in [5.74, 6) is -1.86. The summed E-state index contributed by atoms with van der Waals surface area (Å²) in [6.07, 6.45) is -4.45. The molecule has 0 saturated carbocycles. The van der Waals surface area contributed by atoms with Crippen LogP contribution in [-0.4, -0.2) is 81.8 Å². The van der Waals surface area contributed by atoms with Crippen LogP contribution < -0.4 is 21.3 Å². The van der Waals surface area contributed by atoms with Crippen LogP contribution in [0.1, 0.15) is 80.4 Å². The molecule has 2 aromatic rings. The summed E-state index contributed by atoms with van der Waals surface area (Å²) in [5, 5.41) is 34.6. The van der Waals surface area contributed by atoms with Crippen LogP contribution in [0.15, 0.2) is 60.7 Å². The molecule has 0 heterocycles. The van der Waals surface area contributed by atoms with Crippen LogP contribution in [0, 0.1) is 11.8 Å². The molecule has 0 aliphatic rings. The van der Waals surface area contributed by atoms with Crippen molar-refractivity contribution in [2.75, 3.05) is 0 Å². The van der Waals surface area contributed by atoms with Crippen molar-refractivity contribution in [3.8, 4) is 0 Å². The van der Waals surface area contributed by atoms with Gasteiger partial charge < -0.3 is 41.0 Å². The summed E-state index contributed by atoms with van der Waals surface area (Å²) < 4.78 is 10.7. The van der Waals surface area contributed by atoms with E-state index in [0.29, 0.717) is 0 Å². The second-order valence-electron chi connectivity index (χ2n) is 15.3. The zero-order chi connectivity index (χ0) is 37.8. The van der Waals surface area contributed by atoms with Crippen molar-refractivity contribution in [3.63, 3.8) is 0 Å². The molecule has 0 aliphatic carbocycles. The molecule has 50 heavy (non-hydrogen) atoms. The van der Waals surface area contributed by atoms with E-state index in [1.165, 1.54) is 0 Å². The van der Waals surface area contributed by atoms with Crippen molar-refractivity contribution in [2.24, 2.45) is 11.8 Å². The second kappa shape index (κ2) is 18.7. The number of aliphatic hydroxyl groups excluding tert-OH is 2. The van der Waals surface area contributed by atoms with Crippen LogP contribution >= 0.6 is 0 Å². The van der Waals surface area contributed by atoms with Crippen molar-refractivity contribution in [2.45, 2.75) is 130 Å². The Hall–Kier alpha value is -4.16. The molecule has 278 valence electrons. The van der Waals surface area contributed by atoms with Gasteiger partial charge in [0.2, 0.25) is 11.8 Å². The fourth-order valence-corrected chi connectivity index (χ4v) is 5.21. The predicted molar refractivity (Wildman–Crippen MR) is 192 cm³/mol. The summed E-state index contributed by atoms with van der Waals surface area (Å²) >= 11 is 0. The number of hydrogen-bond acceptors (Lipinski definition) is 8. The molecule has 12 heteroatoms. The number of benzene rings is 2. The van der Waals surface area contributed by atoms with Gasteiger partial charge in [-0.3, -0.25) is 9.59 Å². The van der Waals surface area contributed by atoms with E-state index < -0.39 is 71.6 Å². The third kappa shape index (κ3) is 14.8. The minimum Gasteiger partial charge on any atom is -0.444 e. The standard InChI is InChI=1S/C38H58N4O8/c1-23(2)29(41-35(47)49-37(5,6)7)33(45)39-27(21-25-17-13-11-14-18-25)31(43)32(44)28(22-26-19-15-12-16-20-26)40-34(46)30(24(3)4)42-36(48)50-38(8,9)10/h11-20,23-24,27-32,43-44H,21-22H2,1-10H3,(H,39,45)(H,40,46)(H,41,47)(H,42,48)/t27-,28-,29-,30-,31-,32-/m0/s1. The molecular weight excluding hydrogens is 640 g/mol. The quantitative estimate of drug-likeness (QED) is 0.160. The van der Waals surface area contributed by atoms with Crippen LogP contribution in [-0.2, 0) is 31.9 Å². The van der Waals surface area contributed by atoms with Gasteiger partial charge in [-0.2, -0.15) is 0 Å². The van der Waals surface area contributed by atoms with E-state index in [-0.39, 0.29) is 24.7 Å². The number of nitrogens with one attached hydrogen (secondary N) is 4. The summed E-state index contributed by atoms with van der Waals surface area (Å²) in [7, 11) is 0. The highest BCUT2D eigenvalue weighted by atomic mass is 16.6. The van der Waals surface area contributed by atoms with Crippen LogP contribution in [0.25, 0.3) is 0 Å². The summed E-state index contributed by atoms with van der Waals surface area (Å²) in [6.45, 7) is 17.3. The Labute approximate surface area is 297 Å². The van der Waals surface area contributed by atoms with Crippen molar-refractivity contribution in [3.05, 3.63) is 71.8 Å². The van der Waals surface area contributed by atoms with E-state index in [4.69, 9.17) is 9.47 Å². The van der Waals surface area contributed by atoms with Gasteiger partial charge in [0.15, 0.2) is 0 Å².